The van der Waals surface area contributed by atoms with Crippen LogP contribution in [0.5, 0.6) is 11.5 Å². The largest absolute Gasteiger partial charge is 0.497 e. The van der Waals surface area contributed by atoms with Crippen LogP contribution in [0.15, 0.2) is 68.0 Å². The Morgan fingerprint density at radius 1 is 1.26 bits per heavy atom. The van der Waals surface area contributed by atoms with Gasteiger partial charge in [0.2, 0.25) is 0 Å². The number of carbonyl (C=O) groups is 1. The molecule has 3 aromatic rings. The standard InChI is InChI=1S/C29H27BrN2O5S/c1-5-9-22-25(28(34)36-7-3)26(18-10-8-11-21(16-18)35-4)32-27(33)24(38-29(32)31-22)17-19-15-20(30)12-13-23(19)37-14-6-2/h2,8,10-13,15-17,26H,5,7,9,14H2,1,3-4H3/b24-17-/t26-/m0/s1. The predicted molar refractivity (Wildman–Crippen MR) is 151 cm³/mol. The van der Waals surface area contributed by atoms with Crippen molar-refractivity contribution in [3.63, 3.8) is 0 Å². The molecule has 0 saturated heterocycles. The molecule has 1 atom stereocenters. The molecule has 0 bridgehead atoms. The van der Waals surface area contributed by atoms with E-state index in [0.29, 0.717) is 44.1 Å². The number of hydrogen-bond acceptors (Lipinski definition) is 7. The summed E-state index contributed by atoms with van der Waals surface area (Å²) in [6.07, 6.45) is 8.48. The second-order valence-electron chi connectivity index (χ2n) is 8.37. The zero-order valence-electron chi connectivity index (χ0n) is 21.3. The number of thiazole rings is 1. The lowest BCUT2D eigenvalue weighted by atomic mass is 9.94. The van der Waals surface area contributed by atoms with Crippen LogP contribution in [0, 0.1) is 12.3 Å². The number of allylic oxidation sites excluding steroid dienone is 1. The van der Waals surface area contributed by atoms with E-state index in [1.54, 1.807) is 30.7 Å². The number of esters is 1. The van der Waals surface area contributed by atoms with Crippen molar-refractivity contribution in [3.05, 3.63) is 89.0 Å². The monoisotopic (exact) mass is 594 g/mol. The van der Waals surface area contributed by atoms with Crippen molar-refractivity contribution in [3.8, 4) is 23.8 Å². The van der Waals surface area contributed by atoms with Crippen LogP contribution in [0.1, 0.15) is 43.9 Å². The minimum absolute atomic E-state index is 0.100. The van der Waals surface area contributed by atoms with E-state index >= 15 is 0 Å². The molecule has 196 valence electrons. The topological polar surface area (TPSA) is 79.1 Å². The molecule has 2 aromatic carbocycles. The van der Waals surface area contributed by atoms with Crippen LogP contribution in [0.4, 0.5) is 0 Å². The second-order valence-corrected chi connectivity index (χ2v) is 10.3. The predicted octanol–water partition coefficient (Wildman–Crippen LogP) is 4.36. The van der Waals surface area contributed by atoms with Crippen molar-refractivity contribution in [2.75, 3.05) is 20.3 Å². The average Bonchev–Trinajstić information content (AvgIpc) is 3.22. The number of methoxy groups -OCH3 is 1. The molecular weight excluding hydrogens is 568 g/mol. The van der Waals surface area contributed by atoms with Gasteiger partial charge in [-0.1, -0.05) is 58.7 Å². The van der Waals surface area contributed by atoms with E-state index in [1.807, 2.05) is 43.3 Å². The minimum atomic E-state index is -0.719. The van der Waals surface area contributed by atoms with Crippen molar-refractivity contribution in [1.82, 2.24) is 4.57 Å². The number of aromatic nitrogens is 1. The highest BCUT2D eigenvalue weighted by Crippen LogP contribution is 2.34. The zero-order valence-corrected chi connectivity index (χ0v) is 23.7. The van der Waals surface area contributed by atoms with E-state index in [1.165, 1.54) is 11.3 Å². The summed E-state index contributed by atoms with van der Waals surface area (Å²) in [4.78, 5) is 32.5. The summed E-state index contributed by atoms with van der Waals surface area (Å²) >= 11 is 4.75. The first-order chi connectivity index (χ1) is 18.4. The fraction of sp³-hybridized carbons (Fsp3) is 0.276. The van der Waals surface area contributed by atoms with Crippen LogP contribution in [0.25, 0.3) is 6.08 Å². The third-order valence-electron chi connectivity index (χ3n) is 5.87. The lowest BCUT2D eigenvalue weighted by Gasteiger charge is -2.26. The van der Waals surface area contributed by atoms with Crippen LogP contribution in [0.3, 0.4) is 0 Å². The molecule has 4 rings (SSSR count). The first-order valence-corrected chi connectivity index (χ1v) is 13.7. The van der Waals surface area contributed by atoms with Gasteiger partial charge in [0.1, 0.15) is 18.1 Å². The molecule has 0 fully saturated rings. The summed E-state index contributed by atoms with van der Waals surface area (Å²) in [5.41, 5.74) is 2.12. The molecule has 0 saturated carbocycles. The quantitative estimate of drug-likeness (QED) is 0.272. The Hall–Kier alpha value is -3.61. The highest BCUT2D eigenvalue weighted by atomic mass is 79.9. The molecule has 0 spiro atoms. The van der Waals surface area contributed by atoms with Crippen molar-refractivity contribution in [1.29, 1.82) is 0 Å². The Morgan fingerprint density at radius 2 is 2.08 bits per heavy atom. The van der Waals surface area contributed by atoms with Gasteiger partial charge in [-0.05, 0) is 55.3 Å². The van der Waals surface area contributed by atoms with Crippen molar-refractivity contribution < 1.29 is 19.0 Å². The molecule has 1 aliphatic rings. The molecule has 0 amide bonds. The van der Waals surface area contributed by atoms with Crippen LogP contribution < -0.4 is 24.4 Å². The minimum Gasteiger partial charge on any atom is -0.497 e. The Balaban J connectivity index is 2.00. The average molecular weight is 596 g/mol. The van der Waals surface area contributed by atoms with Gasteiger partial charge in [0.25, 0.3) is 5.56 Å². The summed E-state index contributed by atoms with van der Waals surface area (Å²) < 4.78 is 19.4. The Labute approximate surface area is 233 Å². The van der Waals surface area contributed by atoms with Gasteiger partial charge in [0.15, 0.2) is 4.80 Å². The Morgan fingerprint density at radius 3 is 2.79 bits per heavy atom. The second kappa shape index (κ2) is 12.3. The first kappa shape index (κ1) is 27.4. The summed E-state index contributed by atoms with van der Waals surface area (Å²) in [6, 6.07) is 12.1. The van der Waals surface area contributed by atoms with E-state index in [4.69, 9.17) is 25.6 Å². The van der Waals surface area contributed by atoms with Gasteiger partial charge < -0.3 is 14.2 Å². The number of nitrogens with zero attached hydrogens (tertiary/aromatic N) is 2. The van der Waals surface area contributed by atoms with Gasteiger partial charge in [-0.3, -0.25) is 9.36 Å². The number of halogens is 1. The van der Waals surface area contributed by atoms with Crippen molar-refractivity contribution >= 4 is 39.3 Å². The molecule has 0 unspecified atom stereocenters. The fourth-order valence-corrected chi connectivity index (χ4v) is 5.66. The highest BCUT2D eigenvalue weighted by Gasteiger charge is 2.34. The maximum atomic E-state index is 13.9. The Kier molecular flexibility index (Phi) is 8.87. The maximum Gasteiger partial charge on any atom is 0.338 e. The SMILES string of the molecule is C#CCOc1ccc(Br)cc1/C=c1\sc2n(c1=O)[C@@H](c1cccc(OC)c1)C(C(=O)OCC)=C(CCC)N=2. The summed E-state index contributed by atoms with van der Waals surface area (Å²) in [7, 11) is 1.58. The zero-order chi connectivity index (χ0) is 27.2. The molecule has 2 heterocycles. The maximum absolute atomic E-state index is 13.9. The summed E-state index contributed by atoms with van der Waals surface area (Å²) in [6.45, 7) is 4.08. The van der Waals surface area contributed by atoms with E-state index in [9.17, 15) is 9.59 Å². The molecule has 1 aliphatic heterocycles. The lowest BCUT2D eigenvalue weighted by Crippen LogP contribution is -2.40. The van der Waals surface area contributed by atoms with Crippen LogP contribution in [-0.2, 0) is 9.53 Å². The molecular formula is C29H27BrN2O5S. The van der Waals surface area contributed by atoms with Crippen LogP contribution in [0.2, 0.25) is 0 Å². The smallest absolute Gasteiger partial charge is 0.338 e. The molecule has 0 N–H and O–H groups in total. The van der Waals surface area contributed by atoms with Crippen molar-refractivity contribution in [2.24, 2.45) is 4.99 Å². The van der Waals surface area contributed by atoms with E-state index in [-0.39, 0.29) is 18.8 Å². The van der Waals surface area contributed by atoms with E-state index in [0.717, 1.165) is 16.5 Å². The number of benzene rings is 2. The number of terminal acetylenes is 1. The van der Waals surface area contributed by atoms with Gasteiger partial charge in [-0.25, -0.2) is 9.79 Å². The van der Waals surface area contributed by atoms with E-state index < -0.39 is 12.0 Å². The molecule has 0 radical (unpaired) electrons. The first-order valence-electron chi connectivity index (χ1n) is 12.1. The molecule has 7 nitrogen and oxygen atoms in total. The lowest BCUT2D eigenvalue weighted by molar-refractivity contribution is -0.139. The third-order valence-corrected chi connectivity index (χ3v) is 7.35. The molecule has 1 aromatic heterocycles. The highest BCUT2D eigenvalue weighted by molar-refractivity contribution is 9.10. The molecule has 0 aliphatic carbocycles. The Bertz CT molecular complexity index is 1610. The summed E-state index contributed by atoms with van der Waals surface area (Å²) in [5, 5.41) is 0. The summed E-state index contributed by atoms with van der Waals surface area (Å²) in [5.74, 6) is 3.15. The van der Waals surface area contributed by atoms with Gasteiger partial charge in [-0.2, -0.15) is 0 Å². The van der Waals surface area contributed by atoms with Gasteiger partial charge >= 0.3 is 5.97 Å². The number of hydrogen-bond donors (Lipinski definition) is 0. The fourth-order valence-electron chi connectivity index (χ4n) is 4.27. The molecule has 9 heteroatoms. The van der Waals surface area contributed by atoms with Crippen LogP contribution >= 0.6 is 27.3 Å². The van der Waals surface area contributed by atoms with Gasteiger partial charge in [0.05, 0.1) is 35.6 Å². The normalized spacial score (nSPS) is 14.9. The number of rotatable bonds is 9. The van der Waals surface area contributed by atoms with E-state index in [2.05, 4.69) is 21.9 Å². The van der Waals surface area contributed by atoms with Gasteiger partial charge in [-0.15, -0.1) is 6.42 Å². The van der Waals surface area contributed by atoms with Crippen molar-refractivity contribution in [2.45, 2.75) is 32.7 Å². The number of ether oxygens (including phenoxy) is 3. The third kappa shape index (κ3) is 5.62. The number of carbonyl (C=O) groups excluding carboxylic acids is 1. The molecule has 38 heavy (non-hydrogen) atoms. The van der Waals surface area contributed by atoms with Crippen LogP contribution in [-0.4, -0.2) is 30.9 Å². The van der Waals surface area contributed by atoms with Gasteiger partial charge in [0, 0.05) is 10.0 Å². The number of fused-ring (bicyclic) bond motifs is 1.